The molecule has 0 aliphatic heterocycles. The fourth-order valence-corrected chi connectivity index (χ4v) is 4.21. The lowest BCUT2D eigenvalue weighted by Crippen LogP contribution is -2.21. The fourth-order valence-electron chi connectivity index (χ4n) is 2.34. The molecule has 0 radical (unpaired) electrons. The number of benzene rings is 2. The van der Waals surface area contributed by atoms with Gasteiger partial charge in [-0.15, -0.1) is 11.3 Å². The first-order valence-electron chi connectivity index (χ1n) is 8.14. The van der Waals surface area contributed by atoms with Gasteiger partial charge in [0.25, 0.3) is 5.91 Å². The smallest absolute Gasteiger partial charge is 0.250 e. The predicted octanol–water partition coefficient (Wildman–Crippen LogP) is 3.95. The Hall–Kier alpha value is -2.58. The van der Waals surface area contributed by atoms with E-state index in [4.69, 9.17) is 9.47 Å². The maximum atomic E-state index is 12.1. The summed E-state index contributed by atoms with van der Waals surface area (Å²) in [6.07, 6.45) is 0. The van der Waals surface area contributed by atoms with Crippen molar-refractivity contribution in [3.8, 4) is 11.5 Å². The van der Waals surface area contributed by atoms with Crippen LogP contribution < -0.4 is 14.9 Å². The van der Waals surface area contributed by atoms with E-state index in [1.54, 1.807) is 31.6 Å². The second-order valence-electron chi connectivity index (χ2n) is 5.54. The number of thiazole rings is 1. The molecule has 0 bridgehead atoms. The number of hydrazone groups is 1. The number of nitrogens with one attached hydrogen (secondary N) is 1. The van der Waals surface area contributed by atoms with Gasteiger partial charge in [0.2, 0.25) is 0 Å². The van der Waals surface area contributed by atoms with Crippen LogP contribution in [0.1, 0.15) is 12.5 Å². The number of rotatable bonds is 7. The van der Waals surface area contributed by atoms with Gasteiger partial charge in [0.1, 0.15) is 0 Å². The topological polar surface area (TPSA) is 72.8 Å². The Morgan fingerprint density at radius 1 is 1.19 bits per heavy atom. The number of carbonyl (C=O) groups excluding carboxylic acids is 1. The highest BCUT2D eigenvalue weighted by Crippen LogP contribution is 2.29. The minimum absolute atomic E-state index is 0.181. The van der Waals surface area contributed by atoms with Gasteiger partial charge in [-0.1, -0.05) is 23.9 Å². The lowest BCUT2D eigenvalue weighted by molar-refractivity contribution is -0.118. The van der Waals surface area contributed by atoms with Gasteiger partial charge in [0, 0.05) is 5.56 Å². The summed E-state index contributed by atoms with van der Waals surface area (Å²) < 4.78 is 12.5. The van der Waals surface area contributed by atoms with E-state index in [9.17, 15) is 4.79 Å². The predicted molar refractivity (Wildman–Crippen MR) is 110 cm³/mol. The SMILES string of the molecule is COc1ccc(C(C)=NNC(=O)CSc2nc3ccccc3s2)cc1OC. The molecule has 6 nitrogen and oxygen atoms in total. The molecule has 1 amide bonds. The summed E-state index contributed by atoms with van der Waals surface area (Å²) in [5.41, 5.74) is 5.05. The van der Waals surface area contributed by atoms with Crippen molar-refractivity contribution >= 4 is 44.9 Å². The van der Waals surface area contributed by atoms with Crippen LogP contribution in [0.25, 0.3) is 10.2 Å². The average Bonchev–Trinajstić information content (AvgIpc) is 3.12. The van der Waals surface area contributed by atoms with Gasteiger partial charge in [0.15, 0.2) is 15.8 Å². The van der Waals surface area contributed by atoms with Crippen molar-refractivity contribution in [2.45, 2.75) is 11.3 Å². The lowest BCUT2D eigenvalue weighted by atomic mass is 10.1. The third kappa shape index (κ3) is 4.78. The summed E-state index contributed by atoms with van der Waals surface area (Å²) in [5.74, 6) is 1.33. The molecule has 1 N–H and O–H groups in total. The zero-order valence-corrected chi connectivity index (χ0v) is 16.8. The van der Waals surface area contributed by atoms with Crippen molar-refractivity contribution in [3.63, 3.8) is 0 Å². The van der Waals surface area contributed by atoms with Gasteiger partial charge >= 0.3 is 0 Å². The van der Waals surface area contributed by atoms with Gasteiger partial charge < -0.3 is 9.47 Å². The molecule has 0 saturated carbocycles. The standard InChI is InChI=1S/C19H19N3O3S2/c1-12(13-8-9-15(24-2)16(10-13)25-3)21-22-18(23)11-26-19-20-14-6-4-5-7-17(14)27-19/h4-10H,11H2,1-3H3,(H,22,23). The van der Waals surface area contributed by atoms with E-state index in [-0.39, 0.29) is 11.7 Å². The molecule has 1 aromatic heterocycles. The zero-order valence-electron chi connectivity index (χ0n) is 15.2. The van der Waals surface area contributed by atoms with E-state index in [0.717, 1.165) is 20.1 Å². The van der Waals surface area contributed by atoms with Crippen LogP contribution in [0.5, 0.6) is 11.5 Å². The number of para-hydroxylation sites is 1. The molecule has 0 aliphatic carbocycles. The second-order valence-corrected chi connectivity index (χ2v) is 7.79. The van der Waals surface area contributed by atoms with Gasteiger partial charge in [0.05, 0.1) is 35.9 Å². The number of thioether (sulfide) groups is 1. The number of methoxy groups -OCH3 is 2. The number of nitrogens with zero attached hydrogens (tertiary/aromatic N) is 2. The summed E-state index contributed by atoms with van der Waals surface area (Å²) in [5, 5.41) is 4.17. The number of amides is 1. The van der Waals surface area contributed by atoms with Gasteiger partial charge in [-0.05, 0) is 37.3 Å². The lowest BCUT2D eigenvalue weighted by Gasteiger charge is -2.09. The third-order valence-electron chi connectivity index (χ3n) is 3.75. The van der Waals surface area contributed by atoms with Crippen LogP contribution in [0.15, 0.2) is 51.9 Å². The fraction of sp³-hybridized carbons (Fsp3) is 0.211. The molecule has 27 heavy (non-hydrogen) atoms. The minimum atomic E-state index is -0.181. The Labute approximate surface area is 165 Å². The van der Waals surface area contributed by atoms with Crippen LogP contribution in [0.3, 0.4) is 0 Å². The van der Waals surface area contributed by atoms with Crippen molar-refractivity contribution in [3.05, 3.63) is 48.0 Å². The molecule has 0 fully saturated rings. The van der Waals surface area contributed by atoms with Crippen LogP contribution in [-0.2, 0) is 4.79 Å². The first kappa shape index (κ1) is 19.2. The van der Waals surface area contributed by atoms with Crippen LogP contribution >= 0.6 is 23.1 Å². The van der Waals surface area contributed by atoms with E-state index >= 15 is 0 Å². The molecule has 8 heteroatoms. The summed E-state index contributed by atoms with van der Waals surface area (Å²) in [4.78, 5) is 16.6. The zero-order chi connectivity index (χ0) is 19.2. The summed E-state index contributed by atoms with van der Waals surface area (Å²) in [6, 6.07) is 13.4. The highest BCUT2D eigenvalue weighted by atomic mass is 32.2. The minimum Gasteiger partial charge on any atom is -0.493 e. The van der Waals surface area contributed by atoms with E-state index in [0.29, 0.717) is 17.2 Å². The molecule has 3 aromatic rings. The van der Waals surface area contributed by atoms with Crippen LogP contribution in [0, 0.1) is 0 Å². The molecule has 0 spiro atoms. The first-order valence-corrected chi connectivity index (χ1v) is 9.95. The maximum absolute atomic E-state index is 12.1. The van der Waals surface area contributed by atoms with Crippen molar-refractivity contribution in [1.29, 1.82) is 0 Å². The van der Waals surface area contributed by atoms with Crippen molar-refractivity contribution in [2.24, 2.45) is 5.10 Å². The van der Waals surface area contributed by atoms with E-state index in [1.165, 1.54) is 11.8 Å². The molecule has 0 atom stereocenters. The highest BCUT2D eigenvalue weighted by Gasteiger charge is 2.09. The van der Waals surface area contributed by atoms with Crippen molar-refractivity contribution < 1.29 is 14.3 Å². The Morgan fingerprint density at radius 3 is 2.70 bits per heavy atom. The Kier molecular flexibility index (Phi) is 6.31. The second kappa shape index (κ2) is 8.88. The summed E-state index contributed by atoms with van der Waals surface area (Å²) in [6.45, 7) is 1.82. The van der Waals surface area contributed by atoms with Crippen molar-refractivity contribution in [1.82, 2.24) is 10.4 Å². The van der Waals surface area contributed by atoms with E-state index in [2.05, 4.69) is 15.5 Å². The third-order valence-corrected chi connectivity index (χ3v) is 5.93. The van der Waals surface area contributed by atoms with E-state index in [1.807, 2.05) is 43.3 Å². The summed E-state index contributed by atoms with van der Waals surface area (Å²) in [7, 11) is 3.16. The molecule has 0 aliphatic rings. The molecule has 2 aromatic carbocycles. The van der Waals surface area contributed by atoms with Crippen LogP contribution in [-0.4, -0.2) is 36.6 Å². The molecular formula is C19H19N3O3S2. The number of ether oxygens (including phenoxy) is 2. The Bertz CT molecular complexity index is 952. The van der Waals surface area contributed by atoms with Gasteiger partial charge in [-0.3, -0.25) is 4.79 Å². The number of aromatic nitrogens is 1. The van der Waals surface area contributed by atoms with Crippen LogP contribution in [0.2, 0.25) is 0 Å². The number of carbonyl (C=O) groups is 1. The molecule has 3 rings (SSSR count). The number of hydrogen-bond donors (Lipinski definition) is 1. The Balaban J connectivity index is 1.58. The highest BCUT2D eigenvalue weighted by molar-refractivity contribution is 8.01. The number of fused-ring (bicyclic) bond motifs is 1. The normalized spacial score (nSPS) is 11.4. The van der Waals surface area contributed by atoms with Crippen molar-refractivity contribution in [2.75, 3.05) is 20.0 Å². The molecule has 1 heterocycles. The van der Waals surface area contributed by atoms with Gasteiger partial charge in [-0.2, -0.15) is 5.10 Å². The Morgan fingerprint density at radius 2 is 1.96 bits per heavy atom. The molecule has 0 unspecified atom stereocenters. The maximum Gasteiger partial charge on any atom is 0.250 e. The first-order chi connectivity index (χ1) is 13.1. The molecular weight excluding hydrogens is 382 g/mol. The van der Waals surface area contributed by atoms with Gasteiger partial charge in [-0.25, -0.2) is 10.4 Å². The number of hydrogen-bond acceptors (Lipinski definition) is 7. The molecule has 140 valence electrons. The largest absolute Gasteiger partial charge is 0.493 e. The van der Waals surface area contributed by atoms with Crippen LogP contribution in [0.4, 0.5) is 0 Å². The summed E-state index contributed by atoms with van der Waals surface area (Å²) >= 11 is 2.98. The van der Waals surface area contributed by atoms with E-state index < -0.39 is 0 Å². The quantitative estimate of drug-likeness (QED) is 0.369. The monoisotopic (exact) mass is 401 g/mol. The average molecular weight is 402 g/mol. The molecule has 0 saturated heterocycles.